The number of carbonyl (C=O) groups is 2. The van der Waals surface area contributed by atoms with Gasteiger partial charge in [0.2, 0.25) is 16.9 Å². The Labute approximate surface area is 156 Å². The normalized spacial score (nSPS) is 17.1. The van der Waals surface area contributed by atoms with E-state index in [1.165, 1.54) is 11.3 Å². The van der Waals surface area contributed by atoms with Gasteiger partial charge in [0.05, 0.1) is 18.2 Å². The number of hydrogen-bond donors (Lipinski definition) is 1. The second-order valence-electron chi connectivity index (χ2n) is 6.58. The molecule has 1 fully saturated rings. The molecule has 2 aromatic rings. The molecule has 1 atom stereocenters. The van der Waals surface area contributed by atoms with Crippen LogP contribution in [0.2, 0.25) is 0 Å². The lowest BCUT2D eigenvalue weighted by Gasteiger charge is -2.13. The molecule has 1 aliphatic rings. The lowest BCUT2D eigenvalue weighted by Crippen LogP contribution is -2.35. The minimum absolute atomic E-state index is 0.0668. The van der Waals surface area contributed by atoms with Crippen LogP contribution in [0.3, 0.4) is 0 Å². The van der Waals surface area contributed by atoms with Crippen molar-refractivity contribution >= 4 is 28.3 Å². The number of nitrogens with one attached hydrogen (secondary N) is 1. The molecule has 3 rings (SSSR count). The van der Waals surface area contributed by atoms with E-state index in [-0.39, 0.29) is 24.2 Å². The summed E-state index contributed by atoms with van der Waals surface area (Å²) in [5.74, 6) is -0.509. The first-order chi connectivity index (χ1) is 12.5. The van der Waals surface area contributed by atoms with Gasteiger partial charge in [0, 0.05) is 31.6 Å². The van der Waals surface area contributed by atoms with Gasteiger partial charge in [0.1, 0.15) is 5.01 Å². The summed E-state index contributed by atoms with van der Waals surface area (Å²) in [4.78, 5) is 26.3. The Kier molecular flexibility index (Phi) is 5.65. The summed E-state index contributed by atoms with van der Waals surface area (Å²) in [6.45, 7) is 7.49. The van der Waals surface area contributed by atoms with Crippen molar-refractivity contribution in [2.75, 3.05) is 18.0 Å². The first-order valence-electron chi connectivity index (χ1n) is 8.89. The van der Waals surface area contributed by atoms with Crippen LogP contribution in [0.5, 0.6) is 0 Å². The lowest BCUT2D eigenvalue weighted by molar-refractivity contribution is -0.126. The standard InChI is InChI=1S/C17H24N6O2S/c1-4-5-14-19-20-17(26-14)22-10-13(9-15(22)24)16(25)18-6-7-23-12(3)8-11(2)21-23/h8,13H,4-7,9-10H2,1-3H3,(H,18,25). The Morgan fingerprint density at radius 3 is 2.88 bits per heavy atom. The van der Waals surface area contributed by atoms with E-state index in [1.54, 1.807) is 4.90 Å². The van der Waals surface area contributed by atoms with Crippen molar-refractivity contribution < 1.29 is 9.59 Å². The van der Waals surface area contributed by atoms with Crippen LogP contribution in [0, 0.1) is 19.8 Å². The predicted octanol–water partition coefficient (Wildman–Crippen LogP) is 1.47. The van der Waals surface area contributed by atoms with Gasteiger partial charge in [0.15, 0.2) is 0 Å². The zero-order chi connectivity index (χ0) is 18.7. The largest absolute Gasteiger partial charge is 0.354 e. The molecule has 1 N–H and O–H groups in total. The predicted molar refractivity (Wildman–Crippen MR) is 99.1 cm³/mol. The number of hydrogen-bond acceptors (Lipinski definition) is 6. The molecule has 26 heavy (non-hydrogen) atoms. The third-order valence-electron chi connectivity index (χ3n) is 4.37. The zero-order valence-electron chi connectivity index (χ0n) is 15.4. The monoisotopic (exact) mass is 376 g/mol. The van der Waals surface area contributed by atoms with Crippen molar-refractivity contribution in [3.63, 3.8) is 0 Å². The van der Waals surface area contributed by atoms with E-state index in [9.17, 15) is 9.59 Å². The van der Waals surface area contributed by atoms with Crippen LogP contribution >= 0.6 is 11.3 Å². The Bertz CT molecular complexity index is 799. The van der Waals surface area contributed by atoms with Crippen molar-refractivity contribution in [3.05, 3.63) is 22.5 Å². The number of anilines is 1. The lowest BCUT2D eigenvalue weighted by atomic mass is 10.1. The molecule has 1 saturated heterocycles. The maximum Gasteiger partial charge on any atom is 0.229 e. The minimum Gasteiger partial charge on any atom is -0.354 e. The molecule has 0 radical (unpaired) electrons. The second-order valence-corrected chi connectivity index (χ2v) is 7.62. The fourth-order valence-electron chi connectivity index (χ4n) is 3.07. The van der Waals surface area contributed by atoms with Crippen molar-refractivity contribution in [1.82, 2.24) is 25.3 Å². The molecule has 140 valence electrons. The van der Waals surface area contributed by atoms with Gasteiger partial charge in [0.25, 0.3) is 0 Å². The van der Waals surface area contributed by atoms with Crippen molar-refractivity contribution in [1.29, 1.82) is 0 Å². The van der Waals surface area contributed by atoms with Crippen molar-refractivity contribution in [2.45, 2.75) is 46.6 Å². The molecule has 0 spiro atoms. The molecule has 2 amide bonds. The summed E-state index contributed by atoms with van der Waals surface area (Å²) in [7, 11) is 0. The van der Waals surface area contributed by atoms with Crippen LogP contribution in [0.15, 0.2) is 6.07 Å². The summed E-state index contributed by atoms with van der Waals surface area (Å²) in [6.07, 6.45) is 2.06. The van der Waals surface area contributed by atoms with E-state index in [0.717, 1.165) is 29.2 Å². The van der Waals surface area contributed by atoms with E-state index in [1.807, 2.05) is 24.6 Å². The van der Waals surface area contributed by atoms with Crippen LogP contribution in [-0.4, -0.2) is 44.9 Å². The number of aryl methyl sites for hydroxylation is 3. The first-order valence-corrected chi connectivity index (χ1v) is 9.71. The molecule has 8 nitrogen and oxygen atoms in total. The van der Waals surface area contributed by atoms with Crippen LogP contribution in [0.25, 0.3) is 0 Å². The quantitative estimate of drug-likeness (QED) is 0.790. The summed E-state index contributed by atoms with van der Waals surface area (Å²) in [5.41, 5.74) is 2.03. The molecule has 0 aliphatic carbocycles. The Hall–Kier alpha value is -2.29. The highest BCUT2D eigenvalue weighted by Crippen LogP contribution is 2.28. The summed E-state index contributed by atoms with van der Waals surface area (Å²) >= 11 is 1.43. The molecular weight excluding hydrogens is 352 g/mol. The third kappa shape index (κ3) is 4.09. The fourth-order valence-corrected chi connectivity index (χ4v) is 4.03. The van der Waals surface area contributed by atoms with Gasteiger partial charge in [-0.1, -0.05) is 18.3 Å². The zero-order valence-corrected chi connectivity index (χ0v) is 16.2. The molecule has 1 aliphatic heterocycles. The maximum absolute atomic E-state index is 12.4. The Balaban J connectivity index is 1.52. The van der Waals surface area contributed by atoms with E-state index < -0.39 is 0 Å². The molecule has 1 unspecified atom stereocenters. The number of rotatable bonds is 7. The minimum atomic E-state index is -0.346. The molecule has 2 aromatic heterocycles. The van der Waals surface area contributed by atoms with Crippen molar-refractivity contribution in [2.24, 2.45) is 5.92 Å². The smallest absolute Gasteiger partial charge is 0.229 e. The van der Waals surface area contributed by atoms with E-state index >= 15 is 0 Å². The molecule has 3 heterocycles. The summed E-state index contributed by atoms with van der Waals surface area (Å²) in [6, 6.07) is 2.00. The molecule has 0 saturated carbocycles. The molecule has 0 aromatic carbocycles. The molecule has 9 heteroatoms. The average molecular weight is 376 g/mol. The Morgan fingerprint density at radius 2 is 2.19 bits per heavy atom. The van der Waals surface area contributed by atoms with Gasteiger partial charge in [-0.25, -0.2) is 0 Å². The number of carbonyl (C=O) groups excluding carboxylic acids is 2. The summed E-state index contributed by atoms with van der Waals surface area (Å²) in [5, 5.41) is 17.0. The van der Waals surface area contributed by atoms with Gasteiger partial charge >= 0.3 is 0 Å². The summed E-state index contributed by atoms with van der Waals surface area (Å²) < 4.78 is 1.87. The van der Waals surface area contributed by atoms with Crippen LogP contribution in [-0.2, 0) is 22.6 Å². The number of amides is 2. The molecule has 0 bridgehead atoms. The van der Waals surface area contributed by atoms with Crippen LogP contribution in [0.1, 0.15) is 36.2 Å². The maximum atomic E-state index is 12.4. The first kappa shape index (κ1) is 18.5. The van der Waals surface area contributed by atoms with E-state index in [2.05, 4.69) is 27.5 Å². The third-order valence-corrected chi connectivity index (χ3v) is 5.38. The van der Waals surface area contributed by atoms with E-state index in [0.29, 0.717) is 24.8 Å². The average Bonchev–Trinajstić information content (AvgIpc) is 3.27. The van der Waals surface area contributed by atoms with Crippen LogP contribution < -0.4 is 10.2 Å². The topological polar surface area (TPSA) is 93.0 Å². The SMILES string of the molecule is CCCc1nnc(N2CC(C(=O)NCCn3nc(C)cc3C)CC2=O)s1. The van der Waals surface area contributed by atoms with Crippen molar-refractivity contribution in [3.8, 4) is 0 Å². The second kappa shape index (κ2) is 7.94. The van der Waals surface area contributed by atoms with Gasteiger partial charge in [-0.2, -0.15) is 5.10 Å². The fraction of sp³-hybridized carbons (Fsp3) is 0.588. The van der Waals surface area contributed by atoms with Gasteiger partial charge < -0.3 is 5.32 Å². The highest BCUT2D eigenvalue weighted by molar-refractivity contribution is 7.15. The van der Waals surface area contributed by atoms with E-state index in [4.69, 9.17) is 0 Å². The Morgan fingerprint density at radius 1 is 1.38 bits per heavy atom. The van der Waals surface area contributed by atoms with Gasteiger partial charge in [-0.3, -0.25) is 19.2 Å². The van der Waals surface area contributed by atoms with Crippen LogP contribution in [0.4, 0.5) is 5.13 Å². The molecular formula is C17H24N6O2S. The highest BCUT2D eigenvalue weighted by Gasteiger charge is 2.36. The number of nitrogens with zero attached hydrogens (tertiary/aromatic N) is 5. The van der Waals surface area contributed by atoms with Gasteiger partial charge in [-0.15, -0.1) is 10.2 Å². The number of aromatic nitrogens is 4. The highest BCUT2D eigenvalue weighted by atomic mass is 32.1. The van der Waals surface area contributed by atoms with Gasteiger partial charge in [-0.05, 0) is 26.3 Å².